The Morgan fingerprint density at radius 3 is 2.16 bits per heavy atom. The molecule has 294 valence electrons. The summed E-state index contributed by atoms with van der Waals surface area (Å²) >= 11 is 0. The number of amidine groups is 1. The fraction of sp³-hybridized carbons (Fsp3) is 0.590. The number of rotatable bonds is 12. The highest BCUT2D eigenvalue weighted by Gasteiger charge is 2.59. The average Bonchev–Trinajstić information content (AvgIpc) is 4.05. The number of hydrogen-bond donors (Lipinski definition) is 5. The molecule has 6 N–H and O–H groups in total. The third kappa shape index (κ3) is 6.57. The van der Waals surface area contributed by atoms with Crippen LogP contribution in [0.5, 0.6) is 0 Å². The molecule has 6 aliphatic rings. The quantitative estimate of drug-likeness (QED) is 0.214. The zero-order chi connectivity index (χ0) is 38.5. The standard InChI is InChI=1S/C39H52N10O6/c1-19(53-3)30(40)37(50)48-25-11-10-23(14-25)32(48)35-43-17-27(45-35)21-6-8-22(9-7-21)34-41-15-24(16-42-34)28-18-44-36(46-28)33-26-12-13-29(26)49(33)38(51)31(20(2)54-4)47-39(52)55-5/h6,8,15,17-20,23,25-26,29-33H,7,9-14,16,40H2,1-5H3,(H,41,42)(H,43,45)(H,44,46)(H,47,52). The Morgan fingerprint density at radius 1 is 0.855 bits per heavy atom. The van der Waals surface area contributed by atoms with Gasteiger partial charge in [-0.2, -0.15) is 0 Å². The van der Waals surface area contributed by atoms with Crippen LogP contribution in [0.1, 0.15) is 93.9 Å². The molecule has 5 heterocycles. The number of carbonyl (C=O) groups is 3. The summed E-state index contributed by atoms with van der Waals surface area (Å²) in [6.07, 6.45) is 14.9. The second-order valence-corrected chi connectivity index (χ2v) is 15.7. The number of imidazole rings is 2. The number of carbonyl (C=O) groups excluding carboxylic acids is 3. The van der Waals surface area contributed by atoms with Crippen molar-refractivity contribution < 1.29 is 28.6 Å². The number of aromatic amines is 2. The molecule has 3 aliphatic carbocycles. The zero-order valence-electron chi connectivity index (χ0n) is 32.1. The lowest BCUT2D eigenvalue weighted by Gasteiger charge is -2.61. The summed E-state index contributed by atoms with van der Waals surface area (Å²) in [4.78, 5) is 64.6. The number of nitrogens with zero attached hydrogens (tertiary/aromatic N) is 5. The normalized spacial score (nSPS) is 28.9. The molecule has 55 heavy (non-hydrogen) atoms. The number of nitrogens with one attached hydrogen (secondary N) is 4. The van der Waals surface area contributed by atoms with Crippen LogP contribution in [0.4, 0.5) is 4.79 Å². The highest BCUT2D eigenvalue weighted by atomic mass is 16.5. The molecule has 2 bridgehead atoms. The summed E-state index contributed by atoms with van der Waals surface area (Å²) in [6, 6.07) is -1.59. The summed E-state index contributed by atoms with van der Waals surface area (Å²) < 4.78 is 15.6. The number of amides is 3. The van der Waals surface area contributed by atoms with Gasteiger partial charge in [0, 0.05) is 44.0 Å². The van der Waals surface area contributed by atoms with Crippen LogP contribution >= 0.6 is 0 Å². The van der Waals surface area contributed by atoms with E-state index in [0.717, 1.165) is 90.5 Å². The highest BCUT2D eigenvalue weighted by Crippen LogP contribution is 2.55. The fourth-order valence-electron chi connectivity index (χ4n) is 9.33. The lowest BCUT2D eigenvalue weighted by molar-refractivity contribution is -0.176. The molecule has 10 unspecified atom stereocenters. The third-order valence-corrected chi connectivity index (χ3v) is 12.9. The smallest absolute Gasteiger partial charge is 0.407 e. The van der Waals surface area contributed by atoms with Crippen LogP contribution in [0.2, 0.25) is 0 Å². The molecule has 0 spiro atoms. The number of likely N-dealkylation sites (tertiary alicyclic amines) is 2. The van der Waals surface area contributed by atoms with E-state index in [2.05, 4.69) is 32.8 Å². The third-order valence-electron chi connectivity index (χ3n) is 12.9. The van der Waals surface area contributed by atoms with Crippen molar-refractivity contribution in [1.29, 1.82) is 0 Å². The lowest BCUT2D eigenvalue weighted by Crippen LogP contribution is -2.69. The first-order valence-corrected chi connectivity index (χ1v) is 19.4. The topological polar surface area (TPSA) is 205 Å². The van der Waals surface area contributed by atoms with Crippen molar-refractivity contribution in [3.05, 3.63) is 59.4 Å². The molecule has 2 saturated heterocycles. The van der Waals surface area contributed by atoms with E-state index < -0.39 is 24.3 Å². The van der Waals surface area contributed by atoms with Gasteiger partial charge in [-0.25, -0.2) is 14.8 Å². The summed E-state index contributed by atoms with van der Waals surface area (Å²) in [7, 11) is 4.37. The molecule has 3 amide bonds. The molecule has 0 aromatic carbocycles. The second kappa shape index (κ2) is 15.0. The van der Waals surface area contributed by atoms with Crippen LogP contribution in [-0.2, 0) is 23.8 Å². The first-order chi connectivity index (χ1) is 26.6. The fourth-order valence-corrected chi connectivity index (χ4v) is 9.33. The maximum absolute atomic E-state index is 13.8. The lowest BCUT2D eigenvalue weighted by atomic mass is 9.64. The average molecular weight is 757 g/mol. The number of aromatic nitrogens is 4. The number of methoxy groups -OCH3 is 3. The van der Waals surface area contributed by atoms with Crippen molar-refractivity contribution in [2.24, 2.45) is 22.6 Å². The van der Waals surface area contributed by atoms with E-state index >= 15 is 0 Å². The van der Waals surface area contributed by atoms with Crippen LogP contribution in [-0.4, -0.2) is 118 Å². The number of alkyl carbamates (subject to hydrolysis) is 1. The summed E-state index contributed by atoms with van der Waals surface area (Å²) in [5, 5.41) is 6.05. The number of H-pyrrole nitrogens is 2. The van der Waals surface area contributed by atoms with Crippen LogP contribution in [0.3, 0.4) is 0 Å². The molecule has 2 saturated carbocycles. The summed E-state index contributed by atoms with van der Waals surface area (Å²) in [5.74, 6) is 2.80. The van der Waals surface area contributed by atoms with Gasteiger partial charge in [-0.1, -0.05) is 12.2 Å². The van der Waals surface area contributed by atoms with Crippen LogP contribution < -0.4 is 16.4 Å². The van der Waals surface area contributed by atoms with Gasteiger partial charge < -0.3 is 50.3 Å². The molecule has 10 atom stereocenters. The van der Waals surface area contributed by atoms with Gasteiger partial charge in [0.15, 0.2) is 0 Å². The SMILES string of the molecule is COC(=O)NC(C(=O)N1C2CCC2C1c1ncc(C2=CNC(C3=CC=C(c4cnc(C5C6CCC(C6)N5C(=O)C(N)C(C)OC)[nH]4)CC3)=NC2)[nH]1)C(C)OC. The monoisotopic (exact) mass is 756 g/mol. The molecule has 8 rings (SSSR count). The van der Waals surface area contributed by atoms with Crippen molar-refractivity contribution in [1.82, 2.24) is 40.4 Å². The van der Waals surface area contributed by atoms with Crippen molar-refractivity contribution >= 4 is 34.9 Å². The van der Waals surface area contributed by atoms with Gasteiger partial charge in [0.2, 0.25) is 11.8 Å². The van der Waals surface area contributed by atoms with Crippen molar-refractivity contribution in [3.63, 3.8) is 0 Å². The number of ether oxygens (including phenoxy) is 3. The molecular weight excluding hydrogens is 704 g/mol. The minimum absolute atomic E-state index is 0.0684. The van der Waals surface area contributed by atoms with Gasteiger partial charge in [0.25, 0.3) is 0 Å². The Labute approximate surface area is 320 Å². The highest BCUT2D eigenvalue weighted by molar-refractivity contribution is 6.02. The Morgan fingerprint density at radius 2 is 1.55 bits per heavy atom. The first-order valence-electron chi connectivity index (χ1n) is 19.4. The maximum Gasteiger partial charge on any atom is 0.407 e. The van der Waals surface area contributed by atoms with E-state index in [4.69, 9.17) is 34.9 Å². The minimum Gasteiger partial charge on any atom is -0.453 e. The van der Waals surface area contributed by atoms with Gasteiger partial charge in [0.1, 0.15) is 29.6 Å². The number of piperidine rings is 2. The number of hydrogen-bond acceptors (Lipinski definition) is 11. The van der Waals surface area contributed by atoms with E-state index in [1.807, 2.05) is 29.1 Å². The molecule has 2 aromatic heterocycles. The number of nitrogens with two attached hydrogens (primary N) is 1. The molecule has 2 aromatic rings. The van der Waals surface area contributed by atoms with Gasteiger partial charge in [-0.05, 0) is 75.9 Å². The van der Waals surface area contributed by atoms with E-state index in [9.17, 15) is 14.4 Å². The van der Waals surface area contributed by atoms with Crippen molar-refractivity contribution in [2.45, 2.75) is 107 Å². The minimum atomic E-state index is -0.879. The molecule has 3 aliphatic heterocycles. The molecule has 0 radical (unpaired) electrons. The first kappa shape index (κ1) is 37.1. The second-order valence-electron chi connectivity index (χ2n) is 15.7. The Hall–Kier alpha value is -4.80. The maximum atomic E-state index is 13.8. The predicted octanol–water partition coefficient (Wildman–Crippen LogP) is 3.11. The summed E-state index contributed by atoms with van der Waals surface area (Å²) in [6.45, 7) is 4.06. The van der Waals surface area contributed by atoms with Crippen molar-refractivity contribution in [3.8, 4) is 0 Å². The van der Waals surface area contributed by atoms with Gasteiger partial charge in [0.05, 0.1) is 61.7 Å². The van der Waals surface area contributed by atoms with Crippen LogP contribution in [0.15, 0.2) is 41.3 Å². The Bertz CT molecular complexity index is 1950. The Balaban J connectivity index is 0.909. The van der Waals surface area contributed by atoms with E-state index in [1.54, 1.807) is 20.2 Å². The zero-order valence-corrected chi connectivity index (χ0v) is 32.1. The van der Waals surface area contributed by atoms with Gasteiger partial charge >= 0.3 is 6.09 Å². The van der Waals surface area contributed by atoms with E-state index in [1.165, 1.54) is 14.2 Å². The van der Waals surface area contributed by atoms with E-state index in [0.29, 0.717) is 18.4 Å². The van der Waals surface area contributed by atoms with Gasteiger partial charge in [-0.3, -0.25) is 14.6 Å². The number of allylic oxidation sites excluding steroid dienone is 3. The van der Waals surface area contributed by atoms with Gasteiger partial charge in [-0.15, -0.1) is 0 Å². The molecule has 4 fully saturated rings. The summed E-state index contributed by atoms with van der Waals surface area (Å²) in [5.41, 5.74) is 11.4. The molecular formula is C39H52N10O6. The van der Waals surface area contributed by atoms with Crippen molar-refractivity contribution in [2.75, 3.05) is 27.9 Å². The Kier molecular flexibility index (Phi) is 10.2. The van der Waals surface area contributed by atoms with Crippen LogP contribution in [0.25, 0.3) is 11.1 Å². The van der Waals surface area contributed by atoms with E-state index in [-0.39, 0.29) is 42.1 Å². The predicted molar refractivity (Wildman–Crippen MR) is 203 cm³/mol. The van der Waals surface area contributed by atoms with Crippen LogP contribution in [0, 0.1) is 11.8 Å². The largest absolute Gasteiger partial charge is 0.453 e. The number of aliphatic imine (C=N–C) groups is 1. The molecule has 16 heteroatoms. The molecule has 16 nitrogen and oxygen atoms in total. The number of fused-ring (bicyclic) bond motifs is 3.